The minimum Gasteiger partial charge on any atom is -0.309 e. The molecule has 0 aliphatic rings. The normalized spacial score (nSPS) is 11.6. The highest BCUT2D eigenvalue weighted by atomic mass is 32.1. The lowest BCUT2D eigenvalue weighted by Gasteiger charge is -2.15. The number of fused-ring (bicyclic) bond motifs is 10. The molecule has 0 radical (unpaired) electrons. The van der Waals surface area contributed by atoms with Crippen LogP contribution in [0.2, 0.25) is 0 Å². The van der Waals surface area contributed by atoms with Crippen molar-refractivity contribution in [1.82, 2.24) is 9.13 Å². The van der Waals surface area contributed by atoms with Gasteiger partial charge in [0.15, 0.2) is 11.4 Å². The van der Waals surface area contributed by atoms with Crippen LogP contribution in [0.15, 0.2) is 146 Å². The molecule has 49 heavy (non-hydrogen) atoms. The molecule has 0 amide bonds. The molecule has 4 nitrogen and oxygen atoms in total. The standard InChI is InChI=1S/C44H24N4S/c1-45-28-17-21-38(48-37-14-8-6-12-31(37)36-26-29(46-2)18-22-40(36)48)34(25-28)27-16-20-39-35(24-27)32-19-23-42-43(33-13-7-9-15-41(33)49-42)44(32)47(39)30-10-4-3-5-11-30/h3-26H. The van der Waals surface area contributed by atoms with Crippen molar-refractivity contribution < 1.29 is 0 Å². The lowest BCUT2D eigenvalue weighted by molar-refractivity contribution is 1.18. The summed E-state index contributed by atoms with van der Waals surface area (Å²) >= 11 is 1.84. The average molecular weight is 641 g/mol. The maximum atomic E-state index is 7.91. The van der Waals surface area contributed by atoms with Crippen LogP contribution in [0, 0.1) is 13.1 Å². The van der Waals surface area contributed by atoms with Gasteiger partial charge in [-0.3, -0.25) is 0 Å². The van der Waals surface area contributed by atoms with Crippen molar-refractivity contribution in [3.05, 3.63) is 168 Å². The van der Waals surface area contributed by atoms with Gasteiger partial charge < -0.3 is 9.13 Å². The van der Waals surface area contributed by atoms with Crippen molar-refractivity contribution in [3.8, 4) is 22.5 Å². The van der Waals surface area contributed by atoms with Crippen LogP contribution in [0.25, 0.3) is 96.0 Å². The molecule has 0 bridgehead atoms. The van der Waals surface area contributed by atoms with E-state index in [4.69, 9.17) is 13.1 Å². The van der Waals surface area contributed by atoms with Crippen molar-refractivity contribution in [2.75, 3.05) is 0 Å². The quantitative estimate of drug-likeness (QED) is 0.171. The molecule has 3 heterocycles. The van der Waals surface area contributed by atoms with Crippen LogP contribution < -0.4 is 0 Å². The third-order valence-electron chi connectivity index (χ3n) is 9.73. The third kappa shape index (κ3) is 3.95. The fraction of sp³-hybridized carbons (Fsp3) is 0. The molecule has 0 atom stereocenters. The second kappa shape index (κ2) is 10.4. The molecule has 226 valence electrons. The molecule has 0 spiro atoms. The second-order valence-electron chi connectivity index (χ2n) is 12.3. The van der Waals surface area contributed by atoms with Crippen molar-refractivity contribution in [2.45, 2.75) is 0 Å². The Bertz CT molecular complexity index is 3070. The fourth-order valence-electron chi connectivity index (χ4n) is 7.64. The van der Waals surface area contributed by atoms with Gasteiger partial charge in [0.1, 0.15) is 0 Å². The number of para-hydroxylation sites is 2. The largest absolute Gasteiger partial charge is 0.309 e. The summed E-state index contributed by atoms with van der Waals surface area (Å²) < 4.78 is 7.24. The van der Waals surface area contributed by atoms with E-state index in [1.807, 2.05) is 47.7 Å². The Labute approximate surface area is 285 Å². The summed E-state index contributed by atoms with van der Waals surface area (Å²) in [5.74, 6) is 0. The highest BCUT2D eigenvalue weighted by Gasteiger charge is 2.21. The third-order valence-corrected chi connectivity index (χ3v) is 10.9. The van der Waals surface area contributed by atoms with E-state index in [1.165, 1.54) is 31.1 Å². The number of thiophene rings is 1. The zero-order valence-corrected chi connectivity index (χ0v) is 26.9. The Morgan fingerprint density at radius 2 is 1.14 bits per heavy atom. The van der Waals surface area contributed by atoms with Crippen molar-refractivity contribution >= 4 is 86.5 Å². The first-order valence-corrected chi connectivity index (χ1v) is 16.9. The molecule has 0 N–H and O–H groups in total. The first-order valence-electron chi connectivity index (χ1n) is 16.1. The summed E-state index contributed by atoms with van der Waals surface area (Å²) in [4.78, 5) is 7.56. The van der Waals surface area contributed by atoms with Gasteiger partial charge in [-0.05, 0) is 83.2 Å². The van der Waals surface area contributed by atoms with E-state index < -0.39 is 0 Å². The van der Waals surface area contributed by atoms with Crippen LogP contribution in [-0.4, -0.2) is 9.13 Å². The van der Waals surface area contributed by atoms with Crippen LogP contribution in [0.1, 0.15) is 0 Å². The van der Waals surface area contributed by atoms with Crippen molar-refractivity contribution in [3.63, 3.8) is 0 Å². The molecule has 0 aliphatic heterocycles. The van der Waals surface area contributed by atoms with E-state index in [-0.39, 0.29) is 0 Å². The highest BCUT2D eigenvalue weighted by molar-refractivity contribution is 7.26. The highest BCUT2D eigenvalue weighted by Crippen LogP contribution is 2.45. The molecule has 10 rings (SSSR count). The van der Waals surface area contributed by atoms with Gasteiger partial charge >= 0.3 is 0 Å². The van der Waals surface area contributed by atoms with Gasteiger partial charge in [-0.15, -0.1) is 11.3 Å². The van der Waals surface area contributed by atoms with Crippen LogP contribution >= 0.6 is 11.3 Å². The van der Waals surface area contributed by atoms with Gasteiger partial charge in [-0.2, -0.15) is 0 Å². The van der Waals surface area contributed by atoms with Gasteiger partial charge in [-0.25, -0.2) is 9.69 Å². The minimum absolute atomic E-state index is 0.591. The minimum atomic E-state index is 0.591. The average Bonchev–Trinajstić information content (AvgIpc) is 3.82. The first-order chi connectivity index (χ1) is 24.2. The Morgan fingerprint density at radius 1 is 0.469 bits per heavy atom. The maximum absolute atomic E-state index is 7.91. The second-order valence-corrected chi connectivity index (χ2v) is 13.4. The van der Waals surface area contributed by atoms with Gasteiger partial charge in [0.2, 0.25) is 0 Å². The summed E-state index contributed by atoms with van der Waals surface area (Å²) in [5, 5.41) is 7.04. The smallest absolute Gasteiger partial charge is 0.188 e. The Balaban J connectivity index is 1.30. The molecule has 0 unspecified atom stereocenters. The van der Waals surface area contributed by atoms with Crippen molar-refractivity contribution in [1.29, 1.82) is 0 Å². The number of hydrogen-bond donors (Lipinski definition) is 0. The van der Waals surface area contributed by atoms with E-state index in [9.17, 15) is 0 Å². The van der Waals surface area contributed by atoms with Crippen LogP contribution in [-0.2, 0) is 0 Å². The zero-order valence-electron chi connectivity index (χ0n) is 26.1. The van der Waals surface area contributed by atoms with Gasteiger partial charge in [-0.1, -0.05) is 78.9 Å². The molecule has 3 aromatic heterocycles. The molecule has 0 saturated heterocycles. The van der Waals surface area contributed by atoms with Gasteiger partial charge in [0, 0.05) is 42.0 Å². The number of benzene rings is 7. The van der Waals surface area contributed by atoms with E-state index in [2.05, 4.69) is 128 Å². The zero-order chi connectivity index (χ0) is 32.6. The number of nitrogens with zero attached hydrogens (tertiary/aromatic N) is 4. The lowest BCUT2D eigenvalue weighted by atomic mass is 9.99. The van der Waals surface area contributed by atoms with Crippen LogP contribution in [0.4, 0.5) is 11.4 Å². The summed E-state index contributed by atoms with van der Waals surface area (Å²) in [6.45, 7) is 15.5. The van der Waals surface area contributed by atoms with Crippen LogP contribution in [0.3, 0.4) is 0 Å². The predicted octanol–water partition coefficient (Wildman–Crippen LogP) is 13.0. The summed E-state index contributed by atoms with van der Waals surface area (Å²) in [7, 11) is 0. The van der Waals surface area contributed by atoms with E-state index in [1.54, 1.807) is 0 Å². The molecule has 5 heteroatoms. The molecule has 0 aliphatic carbocycles. The van der Waals surface area contributed by atoms with Gasteiger partial charge in [0.25, 0.3) is 0 Å². The van der Waals surface area contributed by atoms with E-state index in [0.717, 1.165) is 55.2 Å². The Kier molecular flexibility index (Phi) is 5.84. The van der Waals surface area contributed by atoms with Crippen molar-refractivity contribution in [2.24, 2.45) is 0 Å². The summed E-state index contributed by atoms with van der Waals surface area (Å²) in [6.07, 6.45) is 0. The first kappa shape index (κ1) is 27.5. The molecule has 0 fully saturated rings. The maximum Gasteiger partial charge on any atom is 0.188 e. The summed E-state index contributed by atoms with van der Waals surface area (Å²) in [5.41, 5.74) is 9.78. The van der Waals surface area contributed by atoms with E-state index in [0.29, 0.717) is 11.4 Å². The molecule has 0 saturated carbocycles. The monoisotopic (exact) mass is 640 g/mol. The number of aromatic nitrogens is 2. The van der Waals surface area contributed by atoms with Crippen LogP contribution in [0.5, 0.6) is 0 Å². The fourth-order valence-corrected chi connectivity index (χ4v) is 8.75. The Hall–Kier alpha value is -6.66. The topological polar surface area (TPSA) is 18.6 Å². The Morgan fingerprint density at radius 3 is 2.00 bits per heavy atom. The molecular weight excluding hydrogens is 617 g/mol. The molecule has 7 aromatic carbocycles. The summed E-state index contributed by atoms with van der Waals surface area (Å²) in [6, 6.07) is 50.8. The van der Waals surface area contributed by atoms with Gasteiger partial charge in [0.05, 0.1) is 40.9 Å². The SMILES string of the molecule is [C-]#[N+]c1ccc(-n2c3ccccc3c3cc([N+]#[C-])ccc32)c(-c2ccc3c(c2)c2ccc4sc5ccccc5c4c2n3-c2ccccc2)c1. The van der Waals surface area contributed by atoms with E-state index >= 15 is 0 Å². The predicted molar refractivity (Wildman–Crippen MR) is 206 cm³/mol. The number of hydrogen-bond acceptors (Lipinski definition) is 1. The molecular formula is C44H24N4S. The molecule has 10 aromatic rings. The number of rotatable bonds is 3. The lowest BCUT2D eigenvalue weighted by Crippen LogP contribution is -1.97.